The van der Waals surface area contributed by atoms with Gasteiger partial charge in [-0.15, -0.1) is 0 Å². The number of carboxylic acids is 1. The Morgan fingerprint density at radius 1 is 1.56 bits per heavy atom. The smallest absolute Gasteiger partial charge is 0.321 e. The van der Waals surface area contributed by atoms with E-state index < -0.39 is 17.4 Å². The molecule has 2 aromatic rings. The van der Waals surface area contributed by atoms with Crippen LogP contribution in [0.3, 0.4) is 0 Å². The predicted molar refractivity (Wildman–Crippen MR) is 64.2 cm³/mol. The lowest BCUT2D eigenvalue weighted by Crippen LogP contribution is -2.61. The van der Waals surface area contributed by atoms with Crippen molar-refractivity contribution in [3.63, 3.8) is 0 Å². The normalized spacial score (nSPS) is 19.4. The van der Waals surface area contributed by atoms with Crippen molar-refractivity contribution < 1.29 is 14.6 Å². The van der Waals surface area contributed by atoms with Crippen molar-refractivity contribution in [2.24, 2.45) is 5.73 Å². The van der Waals surface area contributed by atoms with E-state index in [4.69, 9.17) is 15.6 Å². The van der Waals surface area contributed by atoms with Crippen LogP contribution >= 0.6 is 0 Å². The number of rotatable bonds is 3. The number of fused-ring (bicyclic) bond motifs is 1. The summed E-state index contributed by atoms with van der Waals surface area (Å²) in [7, 11) is 0. The number of aromatic amines is 1. The molecule has 0 amide bonds. The predicted octanol–water partition coefficient (Wildman–Crippen LogP) is 0.243. The molecule has 1 fully saturated rings. The number of nitrogens with zero attached hydrogens (tertiary/aromatic N) is 1. The first-order valence-corrected chi connectivity index (χ1v) is 5.63. The van der Waals surface area contributed by atoms with Gasteiger partial charge in [0, 0.05) is 0 Å². The Hall–Kier alpha value is -1.92. The number of benzene rings is 1. The van der Waals surface area contributed by atoms with Crippen molar-refractivity contribution in [1.29, 1.82) is 0 Å². The van der Waals surface area contributed by atoms with E-state index in [1.165, 1.54) is 0 Å². The van der Waals surface area contributed by atoms with E-state index in [1.807, 2.05) is 18.2 Å². The molecule has 3 rings (SSSR count). The summed E-state index contributed by atoms with van der Waals surface area (Å²) in [6.07, 6.45) is 1.61. The SMILES string of the molecule is NC(C(=O)O)C1(c2ccc3nc[nH]c3c2)COC1. The van der Waals surface area contributed by atoms with Gasteiger partial charge in [0.25, 0.3) is 0 Å². The van der Waals surface area contributed by atoms with Gasteiger partial charge in [0.1, 0.15) is 6.04 Å². The van der Waals surface area contributed by atoms with Crippen molar-refractivity contribution >= 4 is 17.0 Å². The summed E-state index contributed by atoms with van der Waals surface area (Å²) in [5, 5.41) is 9.12. The minimum atomic E-state index is -1.01. The van der Waals surface area contributed by atoms with Crippen molar-refractivity contribution in [2.75, 3.05) is 13.2 Å². The summed E-state index contributed by atoms with van der Waals surface area (Å²) < 4.78 is 5.19. The first-order valence-electron chi connectivity index (χ1n) is 5.63. The van der Waals surface area contributed by atoms with Gasteiger partial charge in [0.05, 0.1) is 36.0 Å². The standard InChI is InChI=1S/C12H13N3O3/c13-10(11(16)17)12(4-18-5-12)7-1-2-8-9(3-7)15-6-14-8/h1-3,6,10H,4-5,13H2,(H,14,15)(H,16,17). The molecule has 0 bridgehead atoms. The molecule has 2 heterocycles. The molecule has 0 spiro atoms. The molecule has 1 aromatic carbocycles. The molecule has 1 aliphatic rings. The van der Waals surface area contributed by atoms with Crippen LogP contribution in [0.15, 0.2) is 24.5 Å². The molecular formula is C12H13N3O3. The lowest BCUT2D eigenvalue weighted by atomic mass is 9.72. The molecular weight excluding hydrogens is 234 g/mol. The van der Waals surface area contributed by atoms with Crippen LogP contribution in [0.2, 0.25) is 0 Å². The monoisotopic (exact) mass is 247 g/mol. The van der Waals surface area contributed by atoms with E-state index in [0.717, 1.165) is 16.6 Å². The van der Waals surface area contributed by atoms with Gasteiger partial charge in [-0.25, -0.2) is 4.98 Å². The summed E-state index contributed by atoms with van der Waals surface area (Å²) in [6.45, 7) is 0.667. The Morgan fingerprint density at radius 2 is 2.33 bits per heavy atom. The zero-order valence-electron chi connectivity index (χ0n) is 9.59. The molecule has 0 radical (unpaired) electrons. The van der Waals surface area contributed by atoms with Crippen LogP contribution in [0.25, 0.3) is 11.0 Å². The second-order valence-electron chi connectivity index (χ2n) is 4.60. The molecule has 1 atom stereocenters. The van der Waals surface area contributed by atoms with E-state index in [2.05, 4.69) is 9.97 Å². The lowest BCUT2D eigenvalue weighted by Gasteiger charge is -2.44. The molecule has 18 heavy (non-hydrogen) atoms. The largest absolute Gasteiger partial charge is 0.480 e. The third-order valence-electron chi connectivity index (χ3n) is 3.58. The van der Waals surface area contributed by atoms with Crippen LogP contribution < -0.4 is 5.73 Å². The molecule has 1 saturated heterocycles. The molecule has 0 aliphatic carbocycles. The van der Waals surface area contributed by atoms with E-state index in [-0.39, 0.29) is 0 Å². The number of hydrogen-bond acceptors (Lipinski definition) is 4. The zero-order chi connectivity index (χ0) is 12.8. The van der Waals surface area contributed by atoms with Gasteiger partial charge in [0.15, 0.2) is 0 Å². The number of carbonyl (C=O) groups is 1. The third-order valence-corrected chi connectivity index (χ3v) is 3.58. The van der Waals surface area contributed by atoms with E-state index >= 15 is 0 Å². The first kappa shape index (κ1) is 11.2. The van der Waals surface area contributed by atoms with Crippen molar-refractivity contribution in [2.45, 2.75) is 11.5 Å². The maximum Gasteiger partial charge on any atom is 0.321 e. The lowest BCUT2D eigenvalue weighted by molar-refractivity contribution is -0.148. The van der Waals surface area contributed by atoms with E-state index in [1.54, 1.807) is 6.33 Å². The highest BCUT2D eigenvalue weighted by molar-refractivity contribution is 5.79. The highest BCUT2D eigenvalue weighted by Gasteiger charge is 2.49. The highest BCUT2D eigenvalue weighted by atomic mass is 16.5. The van der Waals surface area contributed by atoms with Gasteiger partial charge >= 0.3 is 5.97 Å². The van der Waals surface area contributed by atoms with E-state index in [9.17, 15) is 4.79 Å². The van der Waals surface area contributed by atoms with Crippen LogP contribution in [-0.4, -0.2) is 40.3 Å². The van der Waals surface area contributed by atoms with Gasteiger partial charge in [-0.2, -0.15) is 0 Å². The Kier molecular flexibility index (Phi) is 2.36. The second kappa shape index (κ2) is 3.79. The van der Waals surface area contributed by atoms with Gasteiger partial charge < -0.3 is 20.6 Å². The number of imidazole rings is 1. The minimum absolute atomic E-state index is 0.333. The summed E-state index contributed by atoms with van der Waals surface area (Å²) >= 11 is 0. The molecule has 1 aliphatic heterocycles. The van der Waals surface area contributed by atoms with Crippen LogP contribution in [0.4, 0.5) is 0 Å². The van der Waals surface area contributed by atoms with Crippen molar-refractivity contribution in [3.05, 3.63) is 30.1 Å². The summed E-state index contributed by atoms with van der Waals surface area (Å²) in [6, 6.07) is 4.66. The highest BCUT2D eigenvalue weighted by Crippen LogP contribution is 2.36. The van der Waals surface area contributed by atoms with Gasteiger partial charge in [-0.3, -0.25) is 4.79 Å². The summed E-state index contributed by atoms with van der Waals surface area (Å²) in [5.74, 6) is -1.01. The number of aliphatic carboxylic acids is 1. The van der Waals surface area contributed by atoms with Crippen LogP contribution in [-0.2, 0) is 14.9 Å². The number of nitrogens with one attached hydrogen (secondary N) is 1. The fourth-order valence-electron chi connectivity index (χ4n) is 2.33. The number of aromatic nitrogens is 2. The van der Waals surface area contributed by atoms with Gasteiger partial charge in [-0.1, -0.05) is 6.07 Å². The Bertz CT molecular complexity index is 603. The van der Waals surface area contributed by atoms with Gasteiger partial charge in [-0.05, 0) is 17.7 Å². The number of hydrogen-bond donors (Lipinski definition) is 3. The zero-order valence-corrected chi connectivity index (χ0v) is 9.59. The number of ether oxygens (including phenoxy) is 1. The molecule has 94 valence electrons. The third kappa shape index (κ3) is 1.43. The molecule has 0 saturated carbocycles. The first-order chi connectivity index (χ1) is 8.63. The van der Waals surface area contributed by atoms with Crippen LogP contribution in [0.1, 0.15) is 5.56 Å². The fourth-order valence-corrected chi connectivity index (χ4v) is 2.33. The Morgan fingerprint density at radius 3 is 2.94 bits per heavy atom. The topological polar surface area (TPSA) is 101 Å². The summed E-state index contributed by atoms with van der Waals surface area (Å²) in [5.41, 5.74) is 7.76. The maximum atomic E-state index is 11.1. The number of H-pyrrole nitrogens is 1. The minimum Gasteiger partial charge on any atom is -0.480 e. The molecule has 1 aromatic heterocycles. The Labute approximate surface area is 103 Å². The molecule has 6 nitrogen and oxygen atoms in total. The van der Waals surface area contributed by atoms with Crippen LogP contribution in [0, 0.1) is 0 Å². The maximum absolute atomic E-state index is 11.1. The van der Waals surface area contributed by atoms with Gasteiger partial charge in [0.2, 0.25) is 0 Å². The summed E-state index contributed by atoms with van der Waals surface area (Å²) in [4.78, 5) is 18.3. The Balaban J connectivity index is 2.07. The second-order valence-corrected chi connectivity index (χ2v) is 4.60. The van der Waals surface area contributed by atoms with Crippen LogP contribution in [0.5, 0.6) is 0 Å². The van der Waals surface area contributed by atoms with Crippen molar-refractivity contribution in [1.82, 2.24) is 9.97 Å². The average molecular weight is 247 g/mol. The number of nitrogens with two attached hydrogens (primary N) is 1. The molecule has 1 unspecified atom stereocenters. The average Bonchev–Trinajstić information content (AvgIpc) is 2.74. The fraction of sp³-hybridized carbons (Fsp3) is 0.333. The molecule has 4 N–H and O–H groups in total. The van der Waals surface area contributed by atoms with Crippen molar-refractivity contribution in [3.8, 4) is 0 Å². The number of carboxylic acid groups (broad SMARTS) is 1. The van der Waals surface area contributed by atoms with E-state index in [0.29, 0.717) is 13.2 Å². The molecule has 6 heteroatoms. The quantitative estimate of drug-likeness (QED) is 0.721.